The molecule has 8 heteroatoms. The molecule has 0 saturated heterocycles. The van der Waals surface area contributed by atoms with Crippen LogP contribution in [0.1, 0.15) is 17.3 Å². The van der Waals surface area contributed by atoms with Crippen molar-refractivity contribution in [2.75, 3.05) is 6.61 Å². The Bertz CT molecular complexity index is 775. The van der Waals surface area contributed by atoms with Crippen LogP contribution in [0.2, 0.25) is 0 Å². The van der Waals surface area contributed by atoms with Crippen molar-refractivity contribution < 1.29 is 14.6 Å². The lowest BCUT2D eigenvalue weighted by molar-refractivity contribution is 0.0520. The molecular weight excluding hydrogens is 264 g/mol. The fourth-order valence-corrected chi connectivity index (χ4v) is 1.78. The lowest BCUT2D eigenvalue weighted by Crippen LogP contribution is -2.28. The Balaban J connectivity index is 2.86. The maximum Gasteiger partial charge on any atom is 0.347 e. The topological polar surface area (TPSA) is 118 Å². The largest absolute Gasteiger partial charge is 0.506 e. The van der Waals surface area contributed by atoms with E-state index in [1.54, 1.807) is 13.0 Å². The third-order valence-electron chi connectivity index (χ3n) is 2.61. The van der Waals surface area contributed by atoms with E-state index in [0.29, 0.717) is 0 Å². The first kappa shape index (κ1) is 13.5. The van der Waals surface area contributed by atoms with Crippen LogP contribution >= 0.6 is 0 Å². The zero-order valence-electron chi connectivity index (χ0n) is 10.5. The molecule has 8 nitrogen and oxygen atoms in total. The Morgan fingerprint density at radius 2 is 2.35 bits per heavy atom. The van der Waals surface area contributed by atoms with Crippen LogP contribution < -0.4 is 5.56 Å². The number of esters is 1. The molecule has 0 unspecified atom stereocenters. The van der Waals surface area contributed by atoms with Crippen LogP contribution in [-0.2, 0) is 11.3 Å². The van der Waals surface area contributed by atoms with Gasteiger partial charge in [-0.25, -0.2) is 14.8 Å². The van der Waals surface area contributed by atoms with Crippen molar-refractivity contribution in [3.8, 4) is 11.8 Å². The second-order valence-corrected chi connectivity index (χ2v) is 3.75. The predicted molar refractivity (Wildman–Crippen MR) is 67.0 cm³/mol. The summed E-state index contributed by atoms with van der Waals surface area (Å²) in [5.74, 6) is -1.49. The number of rotatable bonds is 3. The lowest BCUT2D eigenvalue weighted by Gasteiger charge is -2.10. The molecule has 0 aliphatic rings. The number of nitrogens with zero attached hydrogens (tertiary/aromatic N) is 4. The molecular formula is C12H10N4O4. The summed E-state index contributed by atoms with van der Waals surface area (Å²) in [5, 5.41) is 18.9. The van der Waals surface area contributed by atoms with Gasteiger partial charge in [0.05, 0.1) is 18.1 Å². The highest BCUT2D eigenvalue weighted by Crippen LogP contribution is 2.24. The minimum atomic E-state index is -0.951. The maximum atomic E-state index is 12.2. The normalized spacial score (nSPS) is 10.2. The van der Waals surface area contributed by atoms with E-state index in [0.717, 1.165) is 4.57 Å². The third-order valence-corrected chi connectivity index (χ3v) is 2.61. The second-order valence-electron chi connectivity index (χ2n) is 3.75. The van der Waals surface area contributed by atoms with Crippen LogP contribution in [0.3, 0.4) is 0 Å². The lowest BCUT2D eigenvalue weighted by atomic mass is 10.2. The quantitative estimate of drug-likeness (QED) is 0.794. The monoisotopic (exact) mass is 274 g/mol. The molecule has 0 saturated carbocycles. The van der Waals surface area contributed by atoms with Crippen LogP contribution in [0.4, 0.5) is 0 Å². The standard InChI is InChI=1S/C12H10N4O4/c1-2-20-12(19)8-9(17)7-5-14-6-15-10(7)16(4-3-13)11(8)18/h5-6,17H,2,4H2,1H3. The van der Waals surface area contributed by atoms with Crippen molar-refractivity contribution in [3.63, 3.8) is 0 Å². The number of aromatic hydroxyl groups is 1. The second kappa shape index (κ2) is 5.36. The Hall–Kier alpha value is -2.95. The van der Waals surface area contributed by atoms with Crippen LogP contribution in [0.25, 0.3) is 11.0 Å². The number of hydrogen-bond donors (Lipinski definition) is 1. The van der Waals surface area contributed by atoms with Gasteiger partial charge in [-0.1, -0.05) is 0 Å². The molecule has 102 valence electrons. The molecule has 0 aliphatic heterocycles. The Labute approximate surface area is 112 Å². The van der Waals surface area contributed by atoms with E-state index in [1.807, 2.05) is 0 Å². The minimum absolute atomic E-state index is 0.0549. The number of fused-ring (bicyclic) bond motifs is 1. The first-order valence-electron chi connectivity index (χ1n) is 5.71. The summed E-state index contributed by atoms with van der Waals surface area (Å²) < 4.78 is 5.72. The molecule has 0 fully saturated rings. The fraction of sp³-hybridized carbons (Fsp3) is 0.250. The summed E-state index contributed by atoms with van der Waals surface area (Å²) in [6, 6.07) is 1.80. The zero-order chi connectivity index (χ0) is 14.7. The highest BCUT2D eigenvalue weighted by atomic mass is 16.5. The summed E-state index contributed by atoms with van der Waals surface area (Å²) in [4.78, 5) is 31.6. The Kier molecular flexibility index (Phi) is 3.61. The zero-order valence-corrected chi connectivity index (χ0v) is 10.5. The minimum Gasteiger partial charge on any atom is -0.506 e. The van der Waals surface area contributed by atoms with Crippen LogP contribution in [0, 0.1) is 11.3 Å². The molecule has 1 N–H and O–H groups in total. The highest BCUT2D eigenvalue weighted by Gasteiger charge is 2.23. The van der Waals surface area contributed by atoms with Gasteiger partial charge in [-0.2, -0.15) is 5.26 Å². The molecule has 0 atom stereocenters. The van der Waals surface area contributed by atoms with E-state index in [9.17, 15) is 14.7 Å². The molecule has 2 rings (SSSR count). The molecule has 0 aromatic carbocycles. The SMILES string of the molecule is CCOC(=O)c1c(O)c2cncnc2n(CC#N)c1=O. The van der Waals surface area contributed by atoms with Crippen LogP contribution in [0.15, 0.2) is 17.3 Å². The number of hydrogen-bond acceptors (Lipinski definition) is 7. The number of pyridine rings is 1. The van der Waals surface area contributed by atoms with Gasteiger partial charge in [0.25, 0.3) is 5.56 Å². The molecule has 0 radical (unpaired) electrons. The van der Waals surface area contributed by atoms with E-state index in [-0.39, 0.29) is 24.2 Å². The van der Waals surface area contributed by atoms with Crippen molar-refractivity contribution in [1.82, 2.24) is 14.5 Å². The van der Waals surface area contributed by atoms with Gasteiger partial charge >= 0.3 is 5.97 Å². The van der Waals surface area contributed by atoms with Gasteiger partial charge in [0.15, 0.2) is 11.2 Å². The average Bonchev–Trinajstić information content (AvgIpc) is 2.44. The smallest absolute Gasteiger partial charge is 0.347 e. The fourth-order valence-electron chi connectivity index (χ4n) is 1.78. The summed E-state index contributed by atoms with van der Waals surface area (Å²) in [5.41, 5.74) is -1.27. The molecule has 2 aromatic heterocycles. The van der Waals surface area contributed by atoms with Crippen molar-refractivity contribution in [1.29, 1.82) is 5.26 Å². The number of carbonyl (C=O) groups excluding carboxylic acids is 1. The first-order chi connectivity index (χ1) is 9.61. The van der Waals surface area contributed by atoms with E-state index in [4.69, 9.17) is 10.00 Å². The van der Waals surface area contributed by atoms with Crippen LogP contribution in [0.5, 0.6) is 5.75 Å². The van der Waals surface area contributed by atoms with Gasteiger partial charge < -0.3 is 9.84 Å². The number of aromatic nitrogens is 3. The summed E-state index contributed by atoms with van der Waals surface area (Å²) in [7, 11) is 0. The molecule has 0 spiro atoms. The summed E-state index contributed by atoms with van der Waals surface area (Å²) >= 11 is 0. The highest BCUT2D eigenvalue weighted by molar-refractivity contribution is 5.98. The van der Waals surface area contributed by atoms with E-state index >= 15 is 0 Å². The van der Waals surface area contributed by atoms with Gasteiger partial charge in [-0.05, 0) is 6.92 Å². The third kappa shape index (κ3) is 2.05. The van der Waals surface area contributed by atoms with Crippen molar-refractivity contribution >= 4 is 17.0 Å². The first-order valence-corrected chi connectivity index (χ1v) is 5.71. The summed E-state index contributed by atoms with van der Waals surface area (Å²) in [6.45, 7) is 1.32. The van der Waals surface area contributed by atoms with Crippen LogP contribution in [-0.4, -0.2) is 32.2 Å². The van der Waals surface area contributed by atoms with Gasteiger partial charge in [0, 0.05) is 6.20 Å². The van der Waals surface area contributed by atoms with Crippen molar-refractivity contribution in [2.45, 2.75) is 13.5 Å². The predicted octanol–water partition coefficient (Wildman–Crippen LogP) is 0.197. The molecule has 0 aliphatic carbocycles. The van der Waals surface area contributed by atoms with Gasteiger partial charge in [-0.15, -0.1) is 0 Å². The molecule has 2 heterocycles. The number of nitriles is 1. The van der Waals surface area contributed by atoms with Crippen molar-refractivity contribution in [3.05, 3.63) is 28.4 Å². The number of ether oxygens (including phenoxy) is 1. The molecule has 2 aromatic rings. The van der Waals surface area contributed by atoms with E-state index < -0.39 is 22.8 Å². The van der Waals surface area contributed by atoms with E-state index in [2.05, 4.69) is 9.97 Å². The maximum absolute atomic E-state index is 12.2. The molecule has 0 bridgehead atoms. The average molecular weight is 274 g/mol. The number of carbonyl (C=O) groups is 1. The Morgan fingerprint density at radius 3 is 3.00 bits per heavy atom. The summed E-state index contributed by atoms with van der Waals surface area (Å²) in [6.07, 6.45) is 2.44. The molecule has 20 heavy (non-hydrogen) atoms. The Morgan fingerprint density at radius 1 is 1.60 bits per heavy atom. The van der Waals surface area contributed by atoms with Gasteiger partial charge in [0.1, 0.15) is 18.6 Å². The van der Waals surface area contributed by atoms with Crippen molar-refractivity contribution in [2.24, 2.45) is 0 Å². The van der Waals surface area contributed by atoms with Gasteiger partial charge in [-0.3, -0.25) is 9.36 Å². The van der Waals surface area contributed by atoms with Gasteiger partial charge in [0.2, 0.25) is 0 Å². The molecule has 0 amide bonds. The van der Waals surface area contributed by atoms with E-state index in [1.165, 1.54) is 12.5 Å².